The number of likely N-dealkylation sites (tertiary alicyclic amines) is 1. The molecule has 1 atom stereocenters. The summed E-state index contributed by atoms with van der Waals surface area (Å²) in [5.74, 6) is 0.671. The lowest BCUT2D eigenvalue weighted by molar-refractivity contribution is -0.137. The van der Waals surface area contributed by atoms with Crippen LogP contribution in [0.25, 0.3) is 0 Å². The molecule has 0 radical (unpaired) electrons. The Bertz CT molecular complexity index is 552. The average Bonchev–Trinajstić information content (AvgIpc) is 2.71. The minimum atomic E-state index is 0.0810. The first kappa shape index (κ1) is 20.3. The number of carbonyl (C=O) groups excluding carboxylic acids is 1. The van der Waals surface area contributed by atoms with Gasteiger partial charge in [-0.2, -0.15) is 0 Å². The maximum absolute atomic E-state index is 12.3. The van der Waals surface area contributed by atoms with Gasteiger partial charge in [0.1, 0.15) is 6.61 Å². The van der Waals surface area contributed by atoms with Crippen LogP contribution in [0.15, 0.2) is 30.3 Å². The first-order valence-corrected chi connectivity index (χ1v) is 10.4. The molecule has 1 amide bonds. The Morgan fingerprint density at radius 1 is 1.19 bits per heavy atom. The van der Waals surface area contributed by atoms with Crippen LogP contribution in [0.1, 0.15) is 37.7 Å². The molecule has 0 unspecified atom stereocenters. The van der Waals surface area contributed by atoms with Crippen molar-refractivity contribution < 1.29 is 14.3 Å². The van der Waals surface area contributed by atoms with Crippen molar-refractivity contribution in [1.82, 2.24) is 9.80 Å². The number of rotatable bonds is 8. The summed E-state index contributed by atoms with van der Waals surface area (Å²) in [7, 11) is 1.90. The average molecular weight is 375 g/mol. The number of piperidine rings is 1. The SMILES string of the molecule is CN(CC1CCN(Cc2ccccc2)CC1)C(=O)COC[C@H]1CCCCO1. The number of nitrogens with zero attached hydrogens (tertiary/aromatic N) is 2. The molecule has 150 valence electrons. The fourth-order valence-electron chi connectivity index (χ4n) is 3.98. The molecule has 3 rings (SSSR count). The Kier molecular flexibility index (Phi) is 8.11. The van der Waals surface area contributed by atoms with Crippen molar-refractivity contribution in [2.45, 2.75) is 44.8 Å². The van der Waals surface area contributed by atoms with E-state index in [-0.39, 0.29) is 18.6 Å². The van der Waals surface area contributed by atoms with Crippen LogP contribution in [0.5, 0.6) is 0 Å². The zero-order valence-corrected chi connectivity index (χ0v) is 16.6. The Morgan fingerprint density at radius 3 is 2.67 bits per heavy atom. The van der Waals surface area contributed by atoms with Gasteiger partial charge in [-0.25, -0.2) is 0 Å². The number of benzene rings is 1. The summed E-state index contributed by atoms with van der Waals surface area (Å²) < 4.78 is 11.2. The Hall–Kier alpha value is -1.43. The molecule has 2 heterocycles. The maximum atomic E-state index is 12.3. The second-order valence-electron chi connectivity index (χ2n) is 7.98. The van der Waals surface area contributed by atoms with E-state index < -0.39 is 0 Å². The molecule has 1 aromatic carbocycles. The number of carbonyl (C=O) groups is 1. The highest BCUT2D eigenvalue weighted by Crippen LogP contribution is 2.20. The topological polar surface area (TPSA) is 42.0 Å². The van der Waals surface area contributed by atoms with Gasteiger partial charge < -0.3 is 14.4 Å². The van der Waals surface area contributed by atoms with Crippen LogP contribution in [0.3, 0.4) is 0 Å². The van der Waals surface area contributed by atoms with Crippen molar-refractivity contribution in [2.24, 2.45) is 5.92 Å². The Labute approximate surface area is 163 Å². The van der Waals surface area contributed by atoms with Gasteiger partial charge in [0, 0.05) is 26.7 Å². The van der Waals surface area contributed by atoms with Crippen molar-refractivity contribution in [3.05, 3.63) is 35.9 Å². The van der Waals surface area contributed by atoms with E-state index in [4.69, 9.17) is 9.47 Å². The largest absolute Gasteiger partial charge is 0.376 e. The lowest BCUT2D eigenvalue weighted by Crippen LogP contribution is -2.40. The van der Waals surface area contributed by atoms with Gasteiger partial charge in [-0.15, -0.1) is 0 Å². The molecule has 0 saturated carbocycles. The van der Waals surface area contributed by atoms with E-state index in [1.807, 2.05) is 11.9 Å². The molecule has 5 heteroatoms. The van der Waals surface area contributed by atoms with E-state index in [1.165, 1.54) is 12.0 Å². The predicted octanol–water partition coefficient (Wildman–Crippen LogP) is 2.94. The van der Waals surface area contributed by atoms with Gasteiger partial charge in [-0.1, -0.05) is 30.3 Å². The van der Waals surface area contributed by atoms with Crippen LogP contribution in [0.2, 0.25) is 0 Å². The number of ether oxygens (including phenoxy) is 2. The van der Waals surface area contributed by atoms with E-state index >= 15 is 0 Å². The molecule has 1 aromatic rings. The predicted molar refractivity (Wildman–Crippen MR) is 106 cm³/mol. The van der Waals surface area contributed by atoms with Crippen LogP contribution >= 0.6 is 0 Å². The third kappa shape index (κ3) is 6.91. The van der Waals surface area contributed by atoms with Crippen LogP contribution in [-0.4, -0.2) is 68.3 Å². The molecule has 0 N–H and O–H groups in total. The van der Waals surface area contributed by atoms with Gasteiger partial charge in [-0.3, -0.25) is 9.69 Å². The second kappa shape index (κ2) is 10.8. The Morgan fingerprint density at radius 2 is 1.96 bits per heavy atom. The zero-order chi connectivity index (χ0) is 18.9. The second-order valence-corrected chi connectivity index (χ2v) is 7.98. The van der Waals surface area contributed by atoms with Crippen molar-refractivity contribution in [3.63, 3.8) is 0 Å². The third-order valence-corrected chi connectivity index (χ3v) is 5.72. The van der Waals surface area contributed by atoms with E-state index in [1.54, 1.807) is 0 Å². The van der Waals surface area contributed by atoms with E-state index in [2.05, 4.69) is 35.2 Å². The quantitative estimate of drug-likeness (QED) is 0.702. The van der Waals surface area contributed by atoms with E-state index in [0.29, 0.717) is 12.5 Å². The molecule has 2 saturated heterocycles. The summed E-state index contributed by atoms with van der Waals surface area (Å²) >= 11 is 0. The molecule has 0 bridgehead atoms. The number of likely N-dealkylation sites (N-methyl/N-ethyl adjacent to an activating group) is 1. The molecular weight excluding hydrogens is 340 g/mol. The molecule has 27 heavy (non-hydrogen) atoms. The fraction of sp³-hybridized carbons (Fsp3) is 0.682. The highest BCUT2D eigenvalue weighted by molar-refractivity contribution is 5.77. The third-order valence-electron chi connectivity index (χ3n) is 5.72. The molecular formula is C22H34N2O3. The van der Waals surface area contributed by atoms with Crippen molar-refractivity contribution >= 4 is 5.91 Å². The van der Waals surface area contributed by atoms with Gasteiger partial charge in [0.05, 0.1) is 12.7 Å². The van der Waals surface area contributed by atoms with Crippen LogP contribution < -0.4 is 0 Å². The first-order chi connectivity index (χ1) is 13.2. The maximum Gasteiger partial charge on any atom is 0.248 e. The molecule has 0 aromatic heterocycles. The zero-order valence-electron chi connectivity index (χ0n) is 16.6. The smallest absolute Gasteiger partial charge is 0.248 e. The highest BCUT2D eigenvalue weighted by Gasteiger charge is 2.22. The van der Waals surface area contributed by atoms with Crippen molar-refractivity contribution in [3.8, 4) is 0 Å². The summed E-state index contributed by atoms with van der Waals surface area (Å²) in [5, 5.41) is 0. The standard InChI is InChI=1S/C22H34N2O3/c1-23(22(25)18-26-17-21-9-5-6-14-27-21)15-20-10-12-24(13-11-20)16-19-7-3-2-4-8-19/h2-4,7-8,20-21H,5-6,9-18H2,1H3/t21-/m1/s1. The van der Waals surface area contributed by atoms with Crippen LogP contribution in [-0.2, 0) is 20.8 Å². The summed E-state index contributed by atoms with van der Waals surface area (Å²) in [5.41, 5.74) is 1.38. The van der Waals surface area contributed by atoms with Gasteiger partial charge in [0.15, 0.2) is 0 Å². The van der Waals surface area contributed by atoms with Gasteiger partial charge in [0.25, 0.3) is 0 Å². The minimum Gasteiger partial charge on any atom is -0.376 e. The molecule has 2 fully saturated rings. The molecule has 2 aliphatic rings. The normalized spacial score (nSPS) is 21.9. The van der Waals surface area contributed by atoms with Gasteiger partial charge in [-0.05, 0) is 56.7 Å². The number of hydrogen-bond donors (Lipinski definition) is 0. The molecule has 0 aliphatic carbocycles. The molecule has 5 nitrogen and oxygen atoms in total. The highest BCUT2D eigenvalue weighted by atomic mass is 16.5. The monoisotopic (exact) mass is 374 g/mol. The van der Waals surface area contributed by atoms with Crippen LogP contribution in [0, 0.1) is 5.92 Å². The molecule has 2 aliphatic heterocycles. The summed E-state index contributed by atoms with van der Waals surface area (Å²) in [6.45, 7) is 5.61. The van der Waals surface area contributed by atoms with E-state index in [9.17, 15) is 4.79 Å². The van der Waals surface area contributed by atoms with E-state index in [0.717, 1.165) is 58.5 Å². The summed E-state index contributed by atoms with van der Waals surface area (Å²) in [6, 6.07) is 10.7. The summed E-state index contributed by atoms with van der Waals surface area (Å²) in [6.07, 6.45) is 5.87. The number of hydrogen-bond acceptors (Lipinski definition) is 4. The van der Waals surface area contributed by atoms with Crippen molar-refractivity contribution in [2.75, 3.05) is 46.5 Å². The number of amides is 1. The first-order valence-electron chi connectivity index (χ1n) is 10.4. The van der Waals surface area contributed by atoms with Gasteiger partial charge >= 0.3 is 0 Å². The summed E-state index contributed by atoms with van der Waals surface area (Å²) in [4.78, 5) is 16.7. The molecule has 0 spiro atoms. The lowest BCUT2D eigenvalue weighted by Gasteiger charge is -2.34. The van der Waals surface area contributed by atoms with Gasteiger partial charge in [0.2, 0.25) is 5.91 Å². The van der Waals surface area contributed by atoms with Crippen molar-refractivity contribution in [1.29, 1.82) is 0 Å². The lowest BCUT2D eigenvalue weighted by atomic mass is 9.96. The fourth-order valence-corrected chi connectivity index (χ4v) is 3.98. The minimum absolute atomic E-state index is 0.0810. The Balaban J connectivity index is 1.30. The van der Waals surface area contributed by atoms with Crippen LogP contribution in [0.4, 0.5) is 0 Å².